The lowest BCUT2D eigenvalue weighted by molar-refractivity contribution is -0.123. The van der Waals surface area contributed by atoms with Crippen LogP contribution in [0.3, 0.4) is 0 Å². The molecule has 2 unspecified atom stereocenters. The van der Waals surface area contributed by atoms with Gasteiger partial charge in [0, 0.05) is 31.6 Å². The van der Waals surface area contributed by atoms with E-state index in [0.717, 1.165) is 38.4 Å². The summed E-state index contributed by atoms with van der Waals surface area (Å²) in [5, 5.41) is 8.92. The Morgan fingerprint density at radius 1 is 1.33 bits per heavy atom. The highest BCUT2D eigenvalue weighted by Gasteiger charge is 2.23. The van der Waals surface area contributed by atoms with Crippen molar-refractivity contribution in [2.75, 3.05) is 20.1 Å². The van der Waals surface area contributed by atoms with E-state index in [4.69, 9.17) is 5.73 Å². The molecule has 2 atom stereocenters. The Bertz CT molecular complexity index is 827. The Hall–Kier alpha value is -1.65. The molecule has 8 heteroatoms. The largest absolute Gasteiger partial charge is 0.369 e. The normalized spacial score (nSPS) is 18.3. The van der Waals surface area contributed by atoms with Gasteiger partial charge in [-0.1, -0.05) is 30.3 Å². The molecule has 1 amide bonds. The Kier molecular flexibility index (Phi) is 10.1. The number of nitrogens with two attached hydrogens (primary N) is 1. The monoisotopic (exact) mass is 541 g/mol. The van der Waals surface area contributed by atoms with E-state index in [1.807, 2.05) is 0 Å². The minimum atomic E-state index is -0.177. The molecule has 1 saturated heterocycles. The summed E-state index contributed by atoms with van der Waals surface area (Å²) < 4.78 is 0. The van der Waals surface area contributed by atoms with Crippen molar-refractivity contribution in [2.24, 2.45) is 16.6 Å². The zero-order valence-corrected chi connectivity index (χ0v) is 20.8. The summed E-state index contributed by atoms with van der Waals surface area (Å²) in [5.74, 6) is 0.591. The number of carbonyl (C=O) groups is 1. The minimum absolute atomic E-state index is 0. The number of nitrogens with zero attached hydrogens (tertiary/aromatic N) is 2. The Morgan fingerprint density at radius 2 is 2.13 bits per heavy atom. The highest BCUT2D eigenvalue weighted by atomic mass is 127. The van der Waals surface area contributed by atoms with Crippen LogP contribution in [0.15, 0.2) is 46.8 Å². The smallest absolute Gasteiger partial charge is 0.221 e. The number of hydrogen-bond acceptors (Lipinski definition) is 4. The fourth-order valence-electron chi connectivity index (χ4n) is 3.72. The third-order valence-corrected chi connectivity index (χ3v) is 6.37. The van der Waals surface area contributed by atoms with Gasteiger partial charge in [0.2, 0.25) is 5.91 Å². The fraction of sp³-hybridized carbons (Fsp3) is 0.455. The molecule has 0 bridgehead atoms. The number of amides is 1. The number of benzene rings is 1. The van der Waals surface area contributed by atoms with Crippen LogP contribution >= 0.6 is 35.3 Å². The summed E-state index contributed by atoms with van der Waals surface area (Å²) in [6.07, 6.45) is 1.94. The first-order valence-corrected chi connectivity index (χ1v) is 11.0. The third-order valence-electron chi connectivity index (χ3n) is 5.31. The predicted molar refractivity (Wildman–Crippen MR) is 135 cm³/mol. The predicted octanol–water partition coefficient (Wildman–Crippen LogP) is 3.49. The van der Waals surface area contributed by atoms with Gasteiger partial charge in [-0.05, 0) is 48.9 Å². The van der Waals surface area contributed by atoms with Gasteiger partial charge >= 0.3 is 0 Å². The lowest BCUT2D eigenvalue weighted by atomic mass is 9.97. The van der Waals surface area contributed by atoms with Gasteiger partial charge in [-0.2, -0.15) is 0 Å². The number of aliphatic imine (C=N–C) groups is 1. The Balaban J connectivity index is 0.00000320. The summed E-state index contributed by atoms with van der Waals surface area (Å²) in [7, 11) is 1.79. The summed E-state index contributed by atoms with van der Waals surface area (Å²) in [6, 6.07) is 13.0. The molecule has 164 valence electrons. The maximum absolute atomic E-state index is 11.5. The van der Waals surface area contributed by atoms with E-state index < -0.39 is 0 Å². The number of nitrogens with one attached hydrogen (secondary N) is 2. The second-order valence-electron chi connectivity index (χ2n) is 7.60. The second kappa shape index (κ2) is 12.3. The van der Waals surface area contributed by atoms with Crippen LogP contribution in [0.1, 0.15) is 41.8 Å². The average Bonchev–Trinajstić information content (AvgIpc) is 3.26. The van der Waals surface area contributed by atoms with E-state index in [0.29, 0.717) is 6.54 Å². The van der Waals surface area contributed by atoms with Gasteiger partial charge in [0.05, 0.1) is 12.0 Å². The van der Waals surface area contributed by atoms with Crippen LogP contribution in [0.2, 0.25) is 0 Å². The first kappa shape index (κ1) is 24.6. The first-order chi connectivity index (χ1) is 14.0. The van der Waals surface area contributed by atoms with Crippen LogP contribution in [0, 0.1) is 5.92 Å². The van der Waals surface area contributed by atoms with E-state index >= 15 is 0 Å². The number of likely N-dealkylation sites (tertiary alicyclic amines) is 1. The molecule has 3 rings (SSSR count). The number of thiophene rings is 1. The maximum atomic E-state index is 11.5. The number of hydrogen-bond donors (Lipinski definition) is 3. The molecule has 2 aromatic rings. The number of halogens is 1. The van der Waals surface area contributed by atoms with Crippen LogP contribution in [0.25, 0.3) is 0 Å². The van der Waals surface area contributed by atoms with Crippen molar-refractivity contribution in [1.29, 1.82) is 0 Å². The van der Waals surface area contributed by atoms with Crippen molar-refractivity contribution >= 4 is 47.2 Å². The Labute approximate surface area is 200 Å². The molecule has 30 heavy (non-hydrogen) atoms. The van der Waals surface area contributed by atoms with Gasteiger partial charge in [-0.25, -0.2) is 0 Å². The van der Waals surface area contributed by atoms with Crippen LogP contribution in [-0.2, 0) is 17.9 Å². The molecule has 1 fully saturated rings. The lowest BCUT2D eigenvalue weighted by Crippen LogP contribution is -2.40. The van der Waals surface area contributed by atoms with Crippen LogP contribution in [0.5, 0.6) is 0 Å². The van der Waals surface area contributed by atoms with Crippen molar-refractivity contribution in [3.05, 3.63) is 57.8 Å². The van der Waals surface area contributed by atoms with Gasteiger partial charge in [-0.3, -0.25) is 14.7 Å². The number of rotatable bonds is 7. The van der Waals surface area contributed by atoms with E-state index in [2.05, 4.69) is 69.2 Å². The fourth-order valence-corrected chi connectivity index (χ4v) is 4.46. The standard InChI is InChI=1S/C22H31N5OS.HI/c1-16(20-9-5-11-29-20)26-22(24-2)25-13-17-6-3-7-18(12-17)14-27-10-4-8-19(15-27)21(23)28;/h3,5-7,9,11-12,16,19H,4,8,10,13-15H2,1-2H3,(H2,23,28)(H2,24,25,26);1H. The summed E-state index contributed by atoms with van der Waals surface area (Å²) in [6.45, 7) is 5.46. The van der Waals surface area contributed by atoms with E-state index in [1.54, 1.807) is 18.4 Å². The van der Waals surface area contributed by atoms with Crippen molar-refractivity contribution in [1.82, 2.24) is 15.5 Å². The van der Waals surface area contributed by atoms with E-state index in [9.17, 15) is 4.79 Å². The van der Waals surface area contributed by atoms with Gasteiger partial charge in [-0.15, -0.1) is 35.3 Å². The van der Waals surface area contributed by atoms with Gasteiger partial charge < -0.3 is 16.4 Å². The van der Waals surface area contributed by atoms with Crippen molar-refractivity contribution in [3.63, 3.8) is 0 Å². The zero-order valence-electron chi connectivity index (χ0n) is 17.6. The molecule has 1 aromatic carbocycles. The highest BCUT2D eigenvalue weighted by molar-refractivity contribution is 14.0. The van der Waals surface area contributed by atoms with Crippen molar-refractivity contribution in [2.45, 2.75) is 38.9 Å². The number of guanidine groups is 1. The number of primary amides is 1. The molecule has 2 heterocycles. The first-order valence-electron chi connectivity index (χ1n) is 10.1. The molecular weight excluding hydrogens is 509 g/mol. The molecule has 0 aliphatic carbocycles. The van der Waals surface area contributed by atoms with Gasteiger partial charge in [0.15, 0.2) is 5.96 Å². The Morgan fingerprint density at radius 3 is 2.83 bits per heavy atom. The zero-order chi connectivity index (χ0) is 20.6. The lowest BCUT2D eigenvalue weighted by Gasteiger charge is -2.31. The van der Waals surface area contributed by atoms with E-state index in [1.165, 1.54) is 16.0 Å². The summed E-state index contributed by atoms with van der Waals surface area (Å²) in [4.78, 5) is 19.5. The third kappa shape index (κ3) is 7.24. The number of carbonyl (C=O) groups excluding carboxylic acids is 1. The summed E-state index contributed by atoms with van der Waals surface area (Å²) >= 11 is 1.74. The molecule has 6 nitrogen and oxygen atoms in total. The highest BCUT2D eigenvalue weighted by Crippen LogP contribution is 2.19. The van der Waals surface area contributed by atoms with Crippen LogP contribution in [-0.4, -0.2) is 36.9 Å². The minimum Gasteiger partial charge on any atom is -0.369 e. The van der Waals surface area contributed by atoms with Crippen LogP contribution < -0.4 is 16.4 Å². The van der Waals surface area contributed by atoms with E-state index in [-0.39, 0.29) is 41.8 Å². The molecule has 1 aromatic heterocycles. The topological polar surface area (TPSA) is 82.8 Å². The molecule has 0 radical (unpaired) electrons. The molecule has 4 N–H and O–H groups in total. The molecule has 0 spiro atoms. The SMILES string of the molecule is CN=C(NCc1cccc(CN2CCCC(C(N)=O)C2)c1)NC(C)c1cccs1.I. The molecule has 1 aliphatic rings. The van der Waals surface area contributed by atoms with Crippen LogP contribution in [0.4, 0.5) is 0 Å². The summed E-state index contributed by atoms with van der Waals surface area (Å²) in [5.41, 5.74) is 7.96. The average molecular weight is 542 g/mol. The van der Waals surface area contributed by atoms with Gasteiger partial charge in [0.25, 0.3) is 0 Å². The number of piperidine rings is 1. The van der Waals surface area contributed by atoms with Gasteiger partial charge in [0.1, 0.15) is 0 Å². The maximum Gasteiger partial charge on any atom is 0.221 e. The molecule has 1 aliphatic heterocycles. The molecular formula is C22H32IN5OS. The van der Waals surface area contributed by atoms with Crippen molar-refractivity contribution in [3.8, 4) is 0 Å². The quantitative estimate of drug-likeness (QED) is 0.285. The molecule has 0 saturated carbocycles. The second-order valence-corrected chi connectivity index (χ2v) is 8.58. The van der Waals surface area contributed by atoms with Crippen molar-refractivity contribution < 1.29 is 4.79 Å².